The van der Waals surface area contributed by atoms with Crippen molar-refractivity contribution < 1.29 is 9.59 Å². The fourth-order valence-corrected chi connectivity index (χ4v) is 3.65. The summed E-state index contributed by atoms with van der Waals surface area (Å²) in [6, 6.07) is 13.9. The normalized spacial score (nSPS) is 10.7. The molecule has 0 atom stereocenters. The number of hydrogen-bond donors (Lipinski definition) is 2. The number of hydrogen-bond acceptors (Lipinski definition) is 4. The summed E-state index contributed by atoms with van der Waals surface area (Å²) in [5, 5.41) is 6.25. The van der Waals surface area contributed by atoms with Crippen molar-refractivity contribution in [2.75, 3.05) is 10.6 Å². The van der Waals surface area contributed by atoms with Crippen LogP contribution in [0.3, 0.4) is 0 Å². The number of rotatable bonds is 6. The third-order valence-electron chi connectivity index (χ3n) is 4.00. The van der Waals surface area contributed by atoms with Crippen molar-refractivity contribution in [3.63, 3.8) is 0 Å². The molecular formula is C20H21N3O2S. The molecule has 2 amide bonds. The summed E-state index contributed by atoms with van der Waals surface area (Å²) >= 11 is 1.44. The molecule has 3 rings (SSSR count). The van der Waals surface area contributed by atoms with Crippen LogP contribution in [0.15, 0.2) is 42.5 Å². The summed E-state index contributed by atoms with van der Waals surface area (Å²) in [4.78, 5) is 27.7. The highest BCUT2D eigenvalue weighted by molar-refractivity contribution is 7.22. The molecule has 0 saturated carbocycles. The molecular weight excluding hydrogens is 346 g/mol. The molecule has 0 aliphatic heterocycles. The van der Waals surface area contributed by atoms with Gasteiger partial charge in [-0.25, -0.2) is 4.98 Å². The van der Waals surface area contributed by atoms with E-state index in [4.69, 9.17) is 0 Å². The number of carbonyl (C=O) groups excluding carboxylic acids is 2. The van der Waals surface area contributed by atoms with Crippen molar-refractivity contribution in [1.29, 1.82) is 0 Å². The number of amides is 2. The Morgan fingerprint density at radius 1 is 1.08 bits per heavy atom. The molecule has 1 aromatic heterocycles. The van der Waals surface area contributed by atoms with Gasteiger partial charge in [-0.05, 0) is 48.2 Å². The number of carbonyl (C=O) groups is 2. The highest BCUT2D eigenvalue weighted by atomic mass is 32.1. The van der Waals surface area contributed by atoms with Gasteiger partial charge in [-0.15, -0.1) is 0 Å². The molecule has 2 aromatic carbocycles. The SMILES string of the molecule is CCc1cccc(NC(=O)CCc2ccc3nc(NC(C)=O)sc3c2)c1. The van der Waals surface area contributed by atoms with E-state index in [-0.39, 0.29) is 11.8 Å². The first-order chi connectivity index (χ1) is 12.5. The van der Waals surface area contributed by atoms with Crippen LogP contribution in [-0.2, 0) is 22.4 Å². The summed E-state index contributed by atoms with van der Waals surface area (Å²) in [5.74, 6) is -0.130. The maximum Gasteiger partial charge on any atom is 0.224 e. The quantitative estimate of drug-likeness (QED) is 0.679. The number of fused-ring (bicyclic) bond motifs is 1. The monoisotopic (exact) mass is 367 g/mol. The molecule has 0 spiro atoms. The van der Waals surface area contributed by atoms with Gasteiger partial charge in [0, 0.05) is 19.0 Å². The van der Waals surface area contributed by atoms with E-state index in [2.05, 4.69) is 28.6 Å². The van der Waals surface area contributed by atoms with E-state index in [1.54, 1.807) is 0 Å². The third kappa shape index (κ3) is 4.67. The van der Waals surface area contributed by atoms with E-state index in [9.17, 15) is 9.59 Å². The topological polar surface area (TPSA) is 71.1 Å². The van der Waals surface area contributed by atoms with Gasteiger partial charge in [0.05, 0.1) is 10.2 Å². The van der Waals surface area contributed by atoms with Gasteiger partial charge in [-0.3, -0.25) is 9.59 Å². The van der Waals surface area contributed by atoms with E-state index >= 15 is 0 Å². The Morgan fingerprint density at radius 3 is 2.69 bits per heavy atom. The predicted octanol–water partition coefficient (Wildman–Crippen LogP) is 4.39. The summed E-state index contributed by atoms with van der Waals surface area (Å²) in [6.45, 7) is 3.56. The van der Waals surface area contributed by atoms with Gasteiger partial charge in [0.1, 0.15) is 0 Å². The Morgan fingerprint density at radius 2 is 1.92 bits per heavy atom. The van der Waals surface area contributed by atoms with Gasteiger partial charge in [-0.1, -0.05) is 36.5 Å². The second kappa shape index (κ2) is 8.10. The van der Waals surface area contributed by atoms with Gasteiger partial charge in [0.2, 0.25) is 11.8 Å². The molecule has 0 aliphatic rings. The van der Waals surface area contributed by atoms with Crippen LogP contribution in [0.1, 0.15) is 31.4 Å². The predicted molar refractivity (Wildman–Crippen MR) is 107 cm³/mol. The maximum atomic E-state index is 12.2. The highest BCUT2D eigenvalue weighted by Crippen LogP contribution is 2.27. The van der Waals surface area contributed by atoms with E-state index in [1.807, 2.05) is 36.4 Å². The Bertz CT molecular complexity index is 949. The molecule has 6 heteroatoms. The van der Waals surface area contributed by atoms with Crippen LogP contribution in [0.2, 0.25) is 0 Å². The average Bonchev–Trinajstić information content (AvgIpc) is 3.00. The summed E-state index contributed by atoms with van der Waals surface area (Å²) in [5.41, 5.74) is 3.97. The molecule has 134 valence electrons. The maximum absolute atomic E-state index is 12.2. The number of aromatic nitrogens is 1. The molecule has 0 bridgehead atoms. The van der Waals surface area contributed by atoms with Crippen molar-refractivity contribution in [2.45, 2.75) is 33.1 Å². The summed E-state index contributed by atoms with van der Waals surface area (Å²) in [7, 11) is 0. The van der Waals surface area contributed by atoms with Crippen molar-refractivity contribution in [1.82, 2.24) is 4.98 Å². The van der Waals surface area contributed by atoms with Crippen LogP contribution in [0.4, 0.5) is 10.8 Å². The fourth-order valence-electron chi connectivity index (χ4n) is 2.68. The summed E-state index contributed by atoms with van der Waals surface area (Å²) in [6.07, 6.45) is 2.01. The standard InChI is InChI=1S/C20H21N3O2S/c1-3-14-5-4-6-16(11-14)22-19(25)10-8-15-7-9-17-18(12-15)26-20(23-17)21-13(2)24/h4-7,9,11-12H,3,8,10H2,1-2H3,(H,22,25)(H,21,23,24). The van der Waals surface area contributed by atoms with Gasteiger partial charge >= 0.3 is 0 Å². The lowest BCUT2D eigenvalue weighted by molar-refractivity contribution is -0.116. The van der Waals surface area contributed by atoms with Gasteiger partial charge in [0.25, 0.3) is 0 Å². The molecule has 3 aromatic rings. The average molecular weight is 367 g/mol. The molecule has 0 aliphatic carbocycles. The zero-order valence-electron chi connectivity index (χ0n) is 14.8. The van der Waals surface area contributed by atoms with Crippen LogP contribution < -0.4 is 10.6 Å². The minimum atomic E-state index is -0.131. The molecule has 0 saturated heterocycles. The van der Waals surface area contributed by atoms with Gasteiger partial charge < -0.3 is 10.6 Å². The van der Waals surface area contributed by atoms with Crippen molar-refractivity contribution in [2.24, 2.45) is 0 Å². The zero-order chi connectivity index (χ0) is 18.5. The minimum absolute atomic E-state index is 0.00147. The second-order valence-electron chi connectivity index (χ2n) is 6.10. The number of benzene rings is 2. The van der Waals surface area contributed by atoms with Crippen LogP contribution in [0.5, 0.6) is 0 Å². The van der Waals surface area contributed by atoms with Gasteiger partial charge in [0.15, 0.2) is 5.13 Å². The minimum Gasteiger partial charge on any atom is -0.326 e. The van der Waals surface area contributed by atoms with E-state index in [0.29, 0.717) is 18.0 Å². The smallest absolute Gasteiger partial charge is 0.224 e. The molecule has 1 heterocycles. The van der Waals surface area contributed by atoms with E-state index < -0.39 is 0 Å². The van der Waals surface area contributed by atoms with Crippen molar-refractivity contribution >= 4 is 44.2 Å². The largest absolute Gasteiger partial charge is 0.326 e. The number of nitrogens with zero attached hydrogens (tertiary/aromatic N) is 1. The first-order valence-electron chi connectivity index (χ1n) is 8.59. The highest BCUT2D eigenvalue weighted by Gasteiger charge is 2.08. The molecule has 0 fully saturated rings. The Balaban J connectivity index is 1.61. The van der Waals surface area contributed by atoms with Crippen LogP contribution in [-0.4, -0.2) is 16.8 Å². The van der Waals surface area contributed by atoms with E-state index in [0.717, 1.165) is 27.9 Å². The number of anilines is 2. The van der Waals surface area contributed by atoms with Crippen LogP contribution in [0.25, 0.3) is 10.2 Å². The first-order valence-corrected chi connectivity index (χ1v) is 9.41. The van der Waals surface area contributed by atoms with Gasteiger partial charge in [-0.2, -0.15) is 0 Å². The van der Waals surface area contributed by atoms with Crippen molar-refractivity contribution in [3.05, 3.63) is 53.6 Å². The number of thiazole rings is 1. The molecule has 26 heavy (non-hydrogen) atoms. The molecule has 2 N–H and O–H groups in total. The first kappa shape index (κ1) is 18.1. The lowest BCUT2D eigenvalue weighted by Gasteiger charge is -2.07. The number of nitrogens with one attached hydrogen (secondary N) is 2. The zero-order valence-corrected chi connectivity index (χ0v) is 15.7. The van der Waals surface area contributed by atoms with Crippen LogP contribution in [0, 0.1) is 0 Å². The molecule has 5 nitrogen and oxygen atoms in total. The molecule has 0 radical (unpaired) electrons. The van der Waals surface area contributed by atoms with Crippen molar-refractivity contribution in [3.8, 4) is 0 Å². The Kier molecular flexibility index (Phi) is 5.63. The van der Waals surface area contributed by atoms with Crippen LogP contribution >= 0.6 is 11.3 Å². The summed E-state index contributed by atoms with van der Waals surface area (Å²) < 4.78 is 1.00. The lowest BCUT2D eigenvalue weighted by atomic mass is 10.1. The Labute approximate surface area is 156 Å². The Hall–Kier alpha value is -2.73. The number of aryl methyl sites for hydroxylation is 2. The lowest BCUT2D eigenvalue weighted by Crippen LogP contribution is -2.12. The third-order valence-corrected chi connectivity index (χ3v) is 4.93. The molecule has 0 unspecified atom stereocenters. The fraction of sp³-hybridized carbons (Fsp3) is 0.250. The second-order valence-corrected chi connectivity index (χ2v) is 7.14. The van der Waals surface area contributed by atoms with E-state index in [1.165, 1.54) is 23.8 Å².